The van der Waals surface area contributed by atoms with Gasteiger partial charge in [0.1, 0.15) is 5.58 Å². The molecule has 0 unspecified atom stereocenters. The highest BCUT2D eigenvalue weighted by Crippen LogP contribution is 2.25. The average molecular weight is 420 g/mol. The number of nitro benzene ring substituents is 1. The number of hydrogen-bond acceptors (Lipinski definition) is 8. The normalized spacial score (nSPS) is 14.0. The van der Waals surface area contributed by atoms with Crippen molar-refractivity contribution in [2.75, 3.05) is 6.54 Å². The van der Waals surface area contributed by atoms with Gasteiger partial charge < -0.3 is 4.42 Å². The van der Waals surface area contributed by atoms with E-state index in [4.69, 9.17) is 9.40 Å². The smallest absolute Gasteiger partial charge is 0.270 e. The Labute approximate surface area is 174 Å². The highest BCUT2D eigenvalue weighted by Gasteiger charge is 2.21. The molecule has 0 amide bonds. The van der Waals surface area contributed by atoms with E-state index < -0.39 is 4.92 Å². The first-order chi connectivity index (χ1) is 14.6. The van der Waals surface area contributed by atoms with E-state index >= 15 is 0 Å². The zero-order chi connectivity index (χ0) is 20.7. The van der Waals surface area contributed by atoms with Gasteiger partial charge in [0.2, 0.25) is 0 Å². The fraction of sp³-hybridized carbons (Fsp3) is 0.190. The van der Waals surface area contributed by atoms with Gasteiger partial charge in [-0.05, 0) is 17.5 Å². The van der Waals surface area contributed by atoms with Crippen LogP contribution in [-0.4, -0.2) is 26.3 Å². The summed E-state index contributed by atoms with van der Waals surface area (Å²) in [4.78, 5) is 35.8. The van der Waals surface area contributed by atoms with Crippen LogP contribution in [0.5, 0.6) is 0 Å². The van der Waals surface area contributed by atoms with Crippen LogP contribution in [0.15, 0.2) is 57.4 Å². The van der Waals surface area contributed by atoms with Crippen molar-refractivity contribution >= 4 is 28.0 Å². The van der Waals surface area contributed by atoms with E-state index in [0.29, 0.717) is 24.2 Å². The van der Waals surface area contributed by atoms with Crippen molar-refractivity contribution < 1.29 is 9.34 Å². The molecule has 0 saturated carbocycles. The molecule has 4 aromatic rings. The van der Waals surface area contributed by atoms with E-state index in [2.05, 4.69) is 9.88 Å². The zero-order valence-corrected chi connectivity index (χ0v) is 16.6. The molecular weight excluding hydrogens is 404 g/mol. The maximum absolute atomic E-state index is 12.9. The first-order valence-corrected chi connectivity index (χ1v) is 10.3. The SMILES string of the molecule is O=c1c(CN2CCc3nc(-c4cccs4)ncc3C2)coc2ccc([N+](=O)[O-])cc12. The molecule has 3 aromatic heterocycles. The summed E-state index contributed by atoms with van der Waals surface area (Å²) in [7, 11) is 0. The van der Waals surface area contributed by atoms with Crippen molar-refractivity contribution in [1.82, 2.24) is 14.9 Å². The highest BCUT2D eigenvalue weighted by molar-refractivity contribution is 7.13. The van der Waals surface area contributed by atoms with E-state index in [-0.39, 0.29) is 16.5 Å². The molecule has 150 valence electrons. The second-order valence-electron chi connectivity index (χ2n) is 7.13. The summed E-state index contributed by atoms with van der Waals surface area (Å²) in [5, 5.41) is 13.3. The van der Waals surface area contributed by atoms with Crippen LogP contribution in [0.4, 0.5) is 5.69 Å². The summed E-state index contributed by atoms with van der Waals surface area (Å²) in [5.74, 6) is 0.744. The Morgan fingerprint density at radius 1 is 1.30 bits per heavy atom. The van der Waals surface area contributed by atoms with E-state index in [0.717, 1.165) is 34.9 Å². The van der Waals surface area contributed by atoms with Crippen molar-refractivity contribution in [3.63, 3.8) is 0 Å². The molecule has 0 aliphatic carbocycles. The summed E-state index contributed by atoms with van der Waals surface area (Å²) in [6.45, 7) is 1.78. The Morgan fingerprint density at radius 2 is 2.20 bits per heavy atom. The monoisotopic (exact) mass is 420 g/mol. The Kier molecular flexibility index (Phi) is 4.61. The number of nitro groups is 1. The van der Waals surface area contributed by atoms with Gasteiger partial charge in [-0.2, -0.15) is 0 Å². The molecule has 9 heteroatoms. The summed E-state index contributed by atoms with van der Waals surface area (Å²) in [5.41, 5.74) is 2.52. The fourth-order valence-electron chi connectivity index (χ4n) is 3.66. The van der Waals surface area contributed by atoms with Crippen LogP contribution >= 0.6 is 11.3 Å². The molecule has 0 radical (unpaired) electrons. The minimum atomic E-state index is -0.516. The van der Waals surface area contributed by atoms with E-state index in [1.54, 1.807) is 11.3 Å². The number of aromatic nitrogens is 2. The lowest BCUT2D eigenvalue weighted by Gasteiger charge is -2.27. The molecule has 1 aliphatic heterocycles. The lowest BCUT2D eigenvalue weighted by atomic mass is 10.1. The van der Waals surface area contributed by atoms with Crippen LogP contribution in [0.25, 0.3) is 21.7 Å². The third-order valence-corrected chi connectivity index (χ3v) is 6.05. The lowest BCUT2D eigenvalue weighted by Crippen LogP contribution is -2.32. The van der Waals surface area contributed by atoms with Gasteiger partial charge in [0.15, 0.2) is 11.3 Å². The second kappa shape index (κ2) is 7.43. The standard InChI is InChI=1S/C21H16N4O4S/c26-20-14(12-29-18-4-3-15(25(27)28)8-16(18)20)11-24-6-5-17-13(10-24)9-22-21(23-17)19-2-1-7-30-19/h1-4,7-9,12H,5-6,10-11H2. The van der Waals surface area contributed by atoms with Crippen molar-refractivity contribution in [2.24, 2.45) is 0 Å². The molecule has 0 bridgehead atoms. The van der Waals surface area contributed by atoms with E-state index in [1.165, 1.54) is 24.5 Å². The Hall–Kier alpha value is -3.43. The predicted octanol–water partition coefficient (Wildman–Crippen LogP) is 3.78. The molecule has 1 aliphatic rings. The lowest BCUT2D eigenvalue weighted by molar-refractivity contribution is -0.384. The molecule has 4 heterocycles. The van der Waals surface area contributed by atoms with Crippen LogP contribution in [0.3, 0.4) is 0 Å². The zero-order valence-electron chi connectivity index (χ0n) is 15.8. The number of non-ortho nitro benzene ring substituents is 1. The topological polar surface area (TPSA) is 102 Å². The van der Waals surface area contributed by atoms with Crippen LogP contribution in [0.2, 0.25) is 0 Å². The second-order valence-corrected chi connectivity index (χ2v) is 8.08. The Morgan fingerprint density at radius 3 is 3.00 bits per heavy atom. The first kappa shape index (κ1) is 18.6. The molecule has 0 spiro atoms. The van der Waals surface area contributed by atoms with Gasteiger partial charge in [-0.25, -0.2) is 9.97 Å². The Balaban J connectivity index is 1.39. The highest BCUT2D eigenvalue weighted by atomic mass is 32.1. The van der Waals surface area contributed by atoms with Crippen molar-refractivity contribution in [3.05, 3.63) is 85.3 Å². The Bertz CT molecular complexity index is 1320. The molecular formula is C21H16N4O4S. The summed E-state index contributed by atoms with van der Waals surface area (Å²) in [6.07, 6.45) is 4.07. The van der Waals surface area contributed by atoms with E-state index in [1.807, 2.05) is 23.7 Å². The summed E-state index contributed by atoms with van der Waals surface area (Å²) >= 11 is 1.61. The molecule has 0 saturated heterocycles. The number of hydrogen-bond donors (Lipinski definition) is 0. The fourth-order valence-corrected chi connectivity index (χ4v) is 4.32. The molecule has 8 nitrogen and oxygen atoms in total. The van der Waals surface area contributed by atoms with Gasteiger partial charge in [0, 0.05) is 55.5 Å². The van der Waals surface area contributed by atoms with Crippen molar-refractivity contribution in [1.29, 1.82) is 0 Å². The molecule has 0 atom stereocenters. The minimum Gasteiger partial charge on any atom is -0.464 e. The third-order valence-electron chi connectivity index (χ3n) is 5.19. The quantitative estimate of drug-likeness (QED) is 0.366. The number of thiophene rings is 1. The number of rotatable bonds is 4. The van der Waals surface area contributed by atoms with Gasteiger partial charge in [0.25, 0.3) is 5.69 Å². The van der Waals surface area contributed by atoms with Gasteiger partial charge in [-0.1, -0.05) is 6.07 Å². The predicted molar refractivity (Wildman–Crippen MR) is 112 cm³/mol. The van der Waals surface area contributed by atoms with Crippen LogP contribution in [-0.2, 0) is 19.5 Å². The summed E-state index contributed by atoms with van der Waals surface area (Å²) in [6, 6.07) is 8.05. The molecule has 1 aromatic carbocycles. The molecule has 30 heavy (non-hydrogen) atoms. The van der Waals surface area contributed by atoms with Crippen LogP contribution < -0.4 is 5.43 Å². The van der Waals surface area contributed by atoms with Crippen LogP contribution in [0.1, 0.15) is 16.8 Å². The number of nitrogens with zero attached hydrogens (tertiary/aromatic N) is 4. The molecule has 5 rings (SSSR count). The molecule has 0 N–H and O–H groups in total. The van der Waals surface area contributed by atoms with Gasteiger partial charge in [0.05, 0.1) is 27.1 Å². The van der Waals surface area contributed by atoms with Crippen molar-refractivity contribution in [2.45, 2.75) is 19.5 Å². The summed E-state index contributed by atoms with van der Waals surface area (Å²) < 4.78 is 5.55. The van der Waals surface area contributed by atoms with Crippen LogP contribution in [0, 0.1) is 10.1 Å². The first-order valence-electron chi connectivity index (χ1n) is 9.38. The maximum atomic E-state index is 12.9. The third kappa shape index (κ3) is 3.38. The maximum Gasteiger partial charge on any atom is 0.270 e. The largest absolute Gasteiger partial charge is 0.464 e. The van der Waals surface area contributed by atoms with Gasteiger partial charge in [-0.3, -0.25) is 19.8 Å². The number of fused-ring (bicyclic) bond motifs is 2. The molecule has 0 fully saturated rings. The number of benzene rings is 1. The van der Waals surface area contributed by atoms with Crippen molar-refractivity contribution in [3.8, 4) is 10.7 Å². The minimum absolute atomic E-state index is 0.127. The van der Waals surface area contributed by atoms with Gasteiger partial charge in [-0.15, -0.1) is 11.3 Å². The van der Waals surface area contributed by atoms with Gasteiger partial charge >= 0.3 is 0 Å². The van der Waals surface area contributed by atoms with E-state index in [9.17, 15) is 14.9 Å². The average Bonchev–Trinajstić information content (AvgIpc) is 3.30.